The Morgan fingerprint density at radius 2 is 1.69 bits per heavy atom. The first-order valence-corrected chi connectivity index (χ1v) is 12.5. The smallest absolute Gasteiger partial charge is 0.410 e. The normalized spacial score (nSPS) is 14.5. The first-order chi connectivity index (χ1) is 17.2. The zero-order valence-corrected chi connectivity index (χ0v) is 21.6. The maximum absolute atomic E-state index is 13.1. The lowest BCUT2D eigenvalue weighted by Crippen LogP contribution is -2.42. The number of carbonyl (C=O) groups is 1. The van der Waals surface area contributed by atoms with Crippen molar-refractivity contribution >= 4 is 6.09 Å². The van der Waals surface area contributed by atoms with Gasteiger partial charge in [0.15, 0.2) is 0 Å². The Bertz CT molecular complexity index is 1220. The number of carbonyl (C=O) groups excluding carboxylic acids is 1. The van der Waals surface area contributed by atoms with Crippen LogP contribution in [0.2, 0.25) is 0 Å². The van der Waals surface area contributed by atoms with Gasteiger partial charge in [0, 0.05) is 24.7 Å². The molecule has 0 atom stereocenters. The average molecular weight is 490 g/mol. The van der Waals surface area contributed by atoms with Gasteiger partial charge in [0.25, 0.3) is 5.56 Å². The van der Waals surface area contributed by atoms with E-state index in [-0.39, 0.29) is 11.7 Å². The van der Waals surface area contributed by atoms with Gasteiger partial charge in [-0.2, -0.15) is 5.10 Å². The molecule has 0 radical (unpaired) electrons. The second kappa shape index (κ2) is 11.0. The number of rotatable bonds is 6. The number of amides is 1. The summed E-state index contributed by atoms with van der Waals surface area (Å²) in [5, 5.41) is 4.82. The number of hydrogen-bond donors (Lipinski definition) is 0. The molecule has 0 bridgehead atoms. The molecular formula is C29H35N3O4. The van der Waals surface area contributed by atoms with Crippen molar-refractivity contribution in [2.24, 2.45) is 5.92 Å². The molecule has 7 nitrogen and oxygen atoms in total. The van der Waals surface area contributed by atoms with E-state index in [1.54, 1.807) is 18.1 Å². The van der Waals surface area contributed by atoms with E-state index in [9.17, 15) is 9.59 Å². The van der Waals surface area contributed by atoms with Crippen LogP contribution in [0, 0.1) is 5.92 Å². The molecule has 36 heavy (non-hydrogen) atoms. The van der Waals surface area contributed by atoms with Crippen molar-refractivity contribution in [3.63, 3.8) is 0 Å². The van der Waals surface area contributed by atoms with Gasteiger partial charge in [-0.3, -0.25) is 4.79 Å². The molecule has 0 unspecified atom stereocenters. The van der Waals surface area contributed by atoms with Crippen LogP contribution >= 0.6 is 0 Å². The number of ether oxygens (including phenoxy) is 2. The second-order valence-electron chi connectivity index (χ2n) is 10.3. The molecule has 190 valence electrons. The number of nitrogens with zero attached hydrogens (tertiary/aromatic N) is 3. The zero-order valence-electron chi connectivity index (χ0n) is 21.6. The minimum absolute atomic E-state index is 0.119. The molecule has 2 heterocycles. The molecule has 1 aromatic heterocycles. The Hall–Kier alpha value is -3.61. The highest BCUT2D eigenvalue weighted by molar-refractivity contribution is 5.68. The second-order valence-corrected chi connectivity index (χ2v) is 10.3. The van der Waals surface area contributed by atoms with Crippen LogP contribution in [0.4, 0.5) is 4.79 Å². The highest BCUT2D eigenvalue weighted by Gasteiger charge is 2.27. The molecule has 3 aromatic rings. The van der Waals surface area contributed by atoms with E-state index < -0.39 is 5.60 Å². The number of likely N-dealkylation sites (tertiary alicyclic amines) is 1. The third kappa shape index (κ3) is 6.53. The predicted octanol–water partition coefficient (Wildman–Crippen LogP) is 5.16. The number of aromatic nitrogens is 2. The fourth-order valence-corrected chi connectivity index (χ4v) is 4.50. The third-order valence-electron chi connectivity index (χ3n) is 6.39. The fourth-order valence-electron chi connectivity index (χ4n) is 4.50. The van der Waals surface area contributed by atoms with Crippen molar-refractivity contribution < 1.29 is 14.3 Å². The maximum atomic E-state index is 13.1. The summed E-state index contributed by atoms with van der Waals surface area (Å²) in [7, 11) is 1.63. The Kier molecular flexibility index (Phi) is 7.77. The van der Waals surface area contributed by atoms with Crippen LogP contribution in [0.5, 0.6) is 5.75 Å². The van der Waals surface area contributed by atoms with Gasteiger partial charge in [-0.05, 0) is 69.2 Å². The molecule has 0 saturated carbocycles. The SMILES string of the molecule is COc1ccc(Cn2nc(-c3ccccc3)c(CC3CCN(C(=O)OC(C)(C)C)CC3)cc2=O)cc1. The summed E-state index contributed by atoms with van der Waals surface area (Å²) in [4.78, 5) is 27.3. The summed E-state index contributed by atoms with van der Waals surface area (Å²) < 4.78 is 12.3. The topological polar surface area (TPSA) is 73.7 Å². The summed E-state index contributed by atoms with van der Waals surface area (Å²) in [6, 6.07) is 19.4. The van der Waals surface area contributed by atoms with Gasteiger partial charge in [0.1, 0.15) is 11.4 Å². The van der Waals surface area contributed by atoms with Crippen LogP contribution in [0.25, 0.3) is 11.3 Å². The van der Waals surface area contributed by atoms with Crippen LogP contribution in [0.3, 0.4) is 0 Å². The van der Waals surface area contributed by atoms with Crippen LogP contribution < -0.4 is 10.3 Å². The lowest BCUT2D eigenvalue weighted by atomic mass is 9.89. The summed E-state index contributed by atoms with van der Waals surface area (Å²) in [6.45, 7) is 7.34. The minimum Gasteiger partial charge on any atom is -0.497 e. The molecule has 1 aliphatic rings. The standard InChI is InChI=1S/C29H35N3O4/c1-29(2,3)36-28(34)31-16-14-21(15-17-31)18-24-19-26(33)32(20-22-10-12-25(35-4)13-11-22)30-27(24)23-8-6-5-7-9-23/h5-13,19,21H,14-18,20H2,1-4H3. The molecular weight excluding hydrogens is 454 g/mol. The summed E-state index contributed by atoms with van der Waals surface area (Å²) in [5.74, 6) is 1.14. The highest BCUT2D eigenvalue weighted by atomic mass is 16.6. The van der Waals surface area contributed by atoms with Crippen molar-refractivity contribution in [1.29, 1.82) is 0 Å². The Labute approximate surface area is 212 Å². The Balaban J connectivity index is 1.53. The van der Waals surface area contributed by atoms with Crippen LogP contribution in [-0.2, 0) is 17.7 Å². The molecule has 0 spiro atoms. The minimum atomic E-state index is -0.500. The van der Waals surface area contributed by atoms with E-state index in [1.807, 2.05) is 75.4 Å². The molecule has 1 aliphatic heterocycles. The van der Waals surface area contributed by atoms with E-state index in [0.717, 1.165) is 47.4 Å². The van der Waals surface area contributed by atoms with Gasteiger partial charge in [-0.1, -0.05) is 42.5 Å². The van der Waals surface area contributed by atoms with Gasteiger partial charge in [0.2, 0.25) is 0 Å². The van der Waals surface area contributed by atoms with Crippen molar-refractivity contribution in [2.75, 3.05) is 20.2 Å². The molecule has 1 fully saturated rings. The van der Waals surface area contributed by atoms with Crippen molar-refractivity contribution in [3.05, 3.63) is 82.1 Å². The van der Waals surface area contributed by atoms with Crippen molar-refractivity contribution in [1.82, 2.24) is 14.7 Å². The Morgan fingerprint density at radius 3 is 2.31 bits per heavy atom. The number of benzene rings is 2. The van der Waals surface area contributed by atoms with Gasteiger partial charge in [-0.25, -0.2) is 9.48 Å². The molecule has 1 amide bonds. The van der Waals surface area contributed by atoms with Crippen LogP contribution in [0.15, 0.2) is 65.5 Å². The molecule has 7 heteroatoms. The number of hydrogen-bond acceptors (Lipinski definition) is 5. The van der Waals surface area contributed by atoms with Gasteiger partial charge in [0.05, 0.1) is 19.3 Å². The van der Waals surface area contributed by atoms with E-state index >= 15 is 0 Å². The van der Waals surface area contributed by atoms with Crippen LogP contribution in [-0.4, -0.2) is 46.6 Å². The molecule has 2 aromatic carbocycles. The first kappa shape index (κ1) is 25.5. The zero-order chi connectivity index (χ0) is 25.7. The van der Waals surface area contributed by atoms with Gasteiger partial charge >= 0.3 is 6.09 Å². The molecule has 1 saturated heterocycles. The maximum Gasteiger partial charge on any atom is 0.410 e. The average Bonchev–Trinajstić information content (AvgIpc) is 2.86. The lowest BCUT2D eigenvalue weighted by molar-refractivity contribution is 0.0184. The number of piperidine rings is 1. The van der Waals surface area contributed by atoms with Crippen molar-refractivity contribution in [3.8, 4) is 17.0 Å². The Morgan fingerprint density at radius 1 is 1.03 bits per heavy atom. The largest absolute Gasteiger partial charge is 0.497 e. The summed E-state index contributed by atoms with van der Waals surface area (Å²) >= 11 is 0. The molecule has 0 aliphatic carbocycles. The lowest BCUT2D eigenvalue weighted by Gasteiger charge is -2.33. The van der Waals surface area contributed by atoms with E-state index in [4.69, 9.17) is 14.6 Å². The third-order valence-corrected chi connectivity index (χ3v) is 6.39. The summed E-state index contributed by atoms with van der Waals surface area (Å²) in [5.41, 5.74) is 3.13. The number of methoxy groups -OCH3 is 1. The van der Waals surface area contributed by atoms with Gasteiger partial charge < -0.3 is 14.4 Å². The fraction of sp³-hybridized carbons (Fsp3) is 0.414. The molecule has 0 N–H and O–H groups in total. The highest BCUT2D eigenvalue weighted by Crippen LogP contribution is 2.27. The van der Waals surface area contributed by atoms with E-state index in [0.29, 0.717) is 25.6 Å². The quantitative estimate of drug-likeness (QED) is 0.478. The van der Waals surface area contributed by atoms with E-state index in [2.05, 4.69) is 0 Å². The van der Waals surface area contributed by atoms with Crippen LogP contribution in [0.1, 0.15) is 44.7 Å². The van der Waals surface area contributed by atoms with Gasteiger partial charge in [-0.15, -0.1) is 0 Å². The van der Waals surface area contributed by atoms with E-state index in [1.165, 1.54) is 4.68 Å². The van der Waals surface area contributed by atoms with Crippen molar-refractivity contribution in [2.45, 2.75) is 52.2 Å². The molecule has 4 rings (SSSR count). The first-order valence-electron chi connectivity index (χ1n) is 12.5. The predicted molar refractivity (Wildman–Crippen MR) is 140 cm³/mol. The monoisotopic (exact) mass is 489 g/mol. The summed E-state index contributed by atoms with van der Waals surface area (Å²) in [6.07, 6.45) is 2.22.